The predicted molar refractivity (Wildman–Crippen MR) is 84.2 cm³/mol. The van der Waals surface area contributed by atoms with E-state index in [0.29, 0.717) is 4.90 Å². The van der Waals surface area contributed by atoms with E-state index in [1.807, 2.05) is 0 Å². The number of amides is 1. The number of carbonyl (C=O) groups excluding carboxylic acids is 1. The van der Waals surface area contributed by atoms with E-state index >= 15 is 0 Å². The minimum Gasteiger partial charge on any atom is -0.451 e. The van der Waals surface area contributed by atoms with Crippen molar-refractivity contribution in [1.82, 2.24) is 4.90 Å². The lowest BCUT2D eigenvalue weighted by molar-refractivity contribution is -0.334. The summed E-state index contributed by atoms with van der Waals surface area (Å²) in [6, 6.07) is 5.97. The summed E-state index contributed by atoms with van der Waals surface area (Å²) >= 11 is 0. The van der Waals surface area contributed by atoms with Crippen molar-refractivity contribution in [3.05, 3.63) is 47.7 Å². The first-order valence-corrected chi connectivity index (χ1v) is 8.36. The van der Waals surface area contributed by atoms with Crippen molar-refractivity contribution in [2.24, 2.45) is 5.41 Å². The van der Waals surface area contributed by atoms with Crippen molar-refractivity contribution in [1.29, 1.82) is 0 Å². The number of hydrogen-bond acceptors (Lipinski definition) is 2. The van der Waals surface area contributed by atoms with Gasteiger partial charge in [-0.05, 0) is 30.7 Å². The molecule has 1 aliphatic rings. The number of furan rings is 1. The molecule has 0 saturated carbocycles. The van der Waals surface area contributed by atoms with E-state index in [9.17, 15) is 44.3 Å². The maximum atomic E-state index is 13.1. The SMILES string of the molecule is O=C(c1ccc(-c2cccc(C(F)(F)F)c2)o1)N1CCC(C(F)(F)F)(C(F)(F)F)C1. The lowest BCUT2D eigenvalue weighted by atomic mass is 9.85. The minimum atomic E-state index is -5.62. The van der Waals surface area contributed by atoms with E-state index in [1.54, 1.807) is 0 Å². The highest BCUT2D eigenvalue weighted by molar-refractivity contribution is 5.92. The Kier molecular flexibility index (Phi) is 5.10. The molecule has 1 saturated heterocycles. The molecule has 1 aliphatic heterocycles. The summed E-state index contributed by atoms with van der Waals surface area (Å²) in [6.45, 7) is -2.43. The van der Waals surface area contributed by atoms with Crippen LogP contribution in [0, 0.1) is 5.41 Å². The topological polar surface area (TPSA) is 33.5 Å². The molecule has 1 amide bonds. The number of carbonyl (C=O) groups is 1. The van der Waals surface area contributed by atoms with Gasteiger partial charge in [-0.25, -0.2) is 0 Å². The van der Waals surface area contributed by atoms with E-state index < -0.39 is 60.7 Å². The van der Waals surface area contributed by atoms with Crippen LogP contribution in [0.3, 0.4) is 0 Å². The van der Waals surface area contributed by atoms with Gasteiger partial charge in [-0.3, -0.25) is 4.79 Å². The Morgan fingerprint density at radius 1 is 0.933 bits per heavy atom. The van der Waals surface area contributed by atoms with Crippen LogP contribution in [0.2, 0.25) is 0 Å². The third-order valence-corrected chi connectivity index (χ3v) is 4.93. The van der Waals surface area contributed by atoms with Gasteiger partial charge >= 0.3 is 18.5 Å². The highest BCUT2D eigenvalue weighted by atomic mass is 19.4. The molecule has 0 unspecified atom stereocenters. The van der Waals surface area contributed by atoms with Gasteiger partial charge in [-0.1, -0.05) is 12.1 Å². The first kappa shape index (κ1) is 22.0. The van der Waals surface area contributed by atoms with Crippen molar-refractivity contribution in [2.75, 3.05) is 13.1 Å². The fraction of sp³-hybridized carbons (Fsp3) is 0.389. The van der Waals surface area contributed by atoms with E-state index in [0.717, 1.165) is 30.3 Å². The second-order valence-corrected chi connectivity index (χ2v) is 6.80. The third-order valence-electron chi connectivity index (χ3n) is 4.93. The summed E-state index contributed by atoms with van der Waals surface area (Å²) < 4.78 is 122. The molecule has 3 nitrogen and oxygen atoms in total. The molecular formula is C18H12F9NO2. The van der Waals surface area contributed by atoms with Crippen LogP contribution in [0.25, 0.3) is 11.3 Å². The van der Waals surface area contributed by atoms with E-state index in [4.69, 9.17) is 4.42 Å². The molecule has 0 spiro atoms. The second kappa shape index (κ2) is 6.95. The zero-order valence-corrected chi connectivity index (χ0v) is 14.8. The van der Waals surface area contributed by atoms with Crippen molar-refractivity contribution >= 4 is 5.91 Å². The molecule has 0 N–H and O–H groups in total. The Morgan fingerprint density at radius 2 is 1.57 bits per heavy atom. The number of benzene rings is 1. The lowest BCUT2D eigenvalue weighted by Gasteiger charge is -2.33. The van der Waals surface area contributed by atoms with Gasteiger partial charge in [0.2, 0.25) is 0 Å². The van der Waals surface area contributed by atoms with Gasteiger partial charge in [0.1, 0.15) is 5.76 Å². The van der Waals surface area contributed by atoms with Crippen molar-refractivity contribution in [2.45, 2.75) is 24.9 Å². The van der Waals surface area contributed by atoms with Gasteiger partial charge in [0.15, 0.2) is 11.2 Å². The van der Waals surface area contributed by atoms with Gasteiger partial charge in [0.25, 0.3) is 5.91 Å². The van der Waals surface area contributed by atoms with Crippen LogP contribution in [0.1, 0.15) is 22.5 Å². The summed E-state index contributed by atoms with van der Waals surface area (Å²) in [6.07, 6.45) is -17.2. The molecule has 1 fully saturated rings. The molecule has 3 rings (SSSR count). The average Bonchev–Trinajstić information content (AvgIpc) is 3.28. The monoisotopic (exact) mass is 445 g/mol. The molecule has 0 radical (unpaired) electrons. The van der Waals surface area contributed by atoms with Crippen molar-refractivity contribution in [3.63, 3.8) is 0 Å². The van der Waals surface area contributed by atoms with E-state index in [2.05, 4.69) is 0 Å². The summed E-state index contributed by atoms with van der Waals surface area (Å²) in [5.41, 5.74) is -5.11. The third kappa shape index (κ3) is 3.74. The average molecular weight is 445 g/mol. The van der Waals surface area contributed by atoms with Crippen LogP contribution < -0.4 is 0 Å². The Morgan fingerprint density at radius 3 is 2.10 bits per heavy atom. The minimum absolute atomic E-state index is 0.0646. The zero-order valence-electron chi connectivity index (χ0n) is 14.8. The largest absolute Gasteiger partial charge is 0.451 e. The number of rotatable bonds is 2. The summed E-state index contributed by atoms with van der Waals surface area (Å²) in [4.78, 5) is 12.7. The smallest absolute Gasteiger partial charge is 0.416 e. The molecule has 0 aliphatic carbocycles. The van der Waals surface area contributed by atoms with Crippen LogP contribution in [-0.2, 0) is 6.18 Å². The predicted octanol–water partition coefficient (Wildman–Crippen LogP) is 5.92. The zero-order chi connectivity index (χ0) is 22.5. The van der Waals surface area contributed by atoms with E-state index in [-0.39, 0.29) is 11.3 Å². The number of hydrogen-bond donors (Lipinski definition) is 0. The molecule has 2 heterocycles. The first-order valence-electron chi connectivity index (χ1n) is 8.36. The van der Waals surface area contributed by atoms with Crippen LogP contribution in [0.5, 0.6) is 0 Å². The molecule has 0 bridgehead atoms. The quantitative estimate of drug-likeness (QED) is 0.538. The standard InChI is InChI=1S/C18H12F9NO2/c19-16(20,21)11-3-1-2-10(8-11)12-4-5-13(30-12)14(29)28-7-6-15(9-28,17(22,23)24)18(25,26)27/h1-5,8H,6-7,9H2. The van der Waals surface area contributed by atoms with Crippen LogP contribution in [0.15, 0.2) is 40.8 Å². The number of likely N-dealkylation sites (tertiary alicyclic amines) is 1. The molecule has 1 aromatic heterocycles. The van der Waals surface area contributed by atoms with Crippen molar-refractivity contribution in [3.8, 4) is 11.3 Å². The summed E-state index contributed by atoms with van der Waals surface area (Å²) in [5, 5.41) is 0. The Balaban J connectivity index is 1.85. The fourth-order valence-corrected chi connectivity index (χ4v) is 3.22. The van der Waals surface area contributed by atoms with Gasteiger partial charge < -0.3 is 9.32 Å². The lowest BCUT2D eigenvalue weighted by Crippen LogP contribution is -2.52. The Labute approximate surface area is 163 Å². The van der Waals surface area contributed by atoms with Crippen LogP contribution in [-0.4, -0.2) is 36.2 Å². The molecule has 1 aromatic carbocycles. The maximum Gasteiger partial charge on any atom is 0.416 e. The van der Waals surface area contributed by atoms with Crippen LogP contribution in [0.4, 0.5) is 39.5 Å². The molecule has 164 valence electrons. The Bertz CT molecular complexity index is 926. The molecule has 0 atom stereocenters. The normalized spacial score (nSPS) is 17.4. The van der Waals surface area contributed by atoms with E-state index in [1.165, 1.54) is 6.07 Å². The van der Waals surface area contributed by atoms with Crippen molar-refractivity contribution < 1.29 is 48.7 Å². The number of alkyl halides is 9. The maximum absolute atomic E-state index is 13.1. The molecule has 2 aromatic rings. The molecule has 12 heteroatoms. The van der Waals surface area contributed by atoms with Gasteiger partial charge in [0.05, 0.1) is 5.56 Å². The van der Waals surface area contributed by atoms with Gasteiger partial charge in [-0.15, -0.1) is 0 Å². The number of nitrogens with zero attached hydrogens (tertiary/aromatic N) is 1. The molecular weight excluding hydrogens is 433 g/mol. The first-order chi connectivity index (χ1) is 13.7. The molecule has 30 heavy (non-hydrogen) atoms. The summed E-state index contributed by atoms with van der Waals surface area (Å²) in [5.74, 6) is -1.99. The Hall–Kier alpha value is -2.66. The van der Waals surface area contributed by atoms with Gasteiger partial charge in [-0.2, -0.15) is 39.5 Å². The summed E-state index contributed by atoms with van der Waals surface area (Å²) in [7, 11) is 0. The van der Waals surface area contributed by atoms with Gasteiger partial charge in [0, 0.05) is 18.7 Å². The highest BCUT2D eigenvalue weighted by Crippen LogP contribution is 2.55. The van der Waals surface area contributed by atoms with Crippen LogP contribution >= 0.6 is 0 Å². The number of halogens is 9. The second-order valence-electron chi connectivity index (χ2n) is 6.80. The highest BCUT2D eigenvalue weighted by Gasteiger charge is 2.73. The fourth-order valence-electron chi connectivity index (χ4n) is 3.22.